The summed E-state index contributed by atoms with van der Waals surface area (Å²) in [5, 5.41) is 12.0. The average Bonchev–Trinajstić information content (AvgIpc) is 3.10. The van der Waals surface area contributed by atoms with Crippen molar-refractivity contribution in [2.75, 3.05) is 6.61 Å². The van der Waals surface area contributed by atoms with Crippen LogP contribution < -0.4 is 5.32 Å². The Balaban J connectivity index is 2.00. The molecule has 1 aliphatic carbocycles. The molecule has 2 N–H and O–H groups in total. The lowest BCUT2D eigenvalue weighted by atomic mass is 10.1. The summed E-state index contributed by atoms with van der Waals surface area (Å²) in [6.45, 7) is -0.0931. The van der Waals surface area contributed by atoms with Crippen LogP contribution in [0.25, 0.3) is 0 Å². The molecule has 1 aliphatic rings. The number of carbonyl (C=O) groups is 1. The van der Waals surface area contributed by atoms with Crippen LogP contribution >= 0.6 is 0 Å². The van der Waals surface area contributed by atoms with Crippen molar-refractivity contribution in [3.63, 3.8) is 0 Å². The van der Waals surface area contributed by atoms with E-state index in [1.807, 2.05) is 6.07 Å². The molecule has 0 aliphatic heterocycles. The minimum Gasteiger partial charge on any atom is -0.394 e. The molecule has 0 aromatic carbocycles. The molecule has 1 atom stereocenters. The van der Waals surface area contributed by atoms with E-state index in [-0.39, 0.29) is 24.5 Å². The Bertz CT molecular complexity index is 336. The number of carbonyl (C=O) groups excluding carboxylic acids is 1. The van der Waals surface area contributed by atoms with E-state index in [4.69, 9.17) is 0 Å². The number of amides is 1. The molecule has 2 rings (SSSR count). The second-order valence-electron chi connectivity index (χ2n) is 3.80. The fraction of sp³-hybridized carbons (Fsp3) is 0.455. The van der Waals surface area contributed by atoms with Gasteiger partial charge in [0.15, 0.2) is 0 Å². The van der Waals surface area contributed by atoms with Gasteiger partial charge in [0.1, 0.15) is 0 Å². The van der Waals surface area contributed by atoms with Gasteiger partial charge in [0, 0.05) is 18.3 Å². The number of aliphatic hydroxyl groups excluding tert-OH is 1. The molecule has 0 bridgehead atoms. The zero-order valence-electron chi connectivity index (χ0n) is 8.39. The zero-order valence-corrected chi connectivity index (χ0v) is 8.39. The summed E-state index contributed by atoms with van der Waals surface area (Å²) in [7, 11) is 0. The summed E-state index contributed by atoms with van der Waals surface area (Å²) in [6.07, 6.45) is 5.27. The maximum absolute atomic E-state index is 11.5. The highest BCUT2D eigenvalue weighted by Gasteiger charge is 2.31. The van der Waals surface area contributed by atoms with Crippen LogP contribution in [0.15, 0.2) is 24.5 Å². The quantitative estimate of drug-likeness (QED) is 0.760. The highest BCUT2D eigenvalue weighted by Crippen LogP contribution is 2.29. The molecule has 0 saturated heterocycles. The first-order valence-corrected chi connectivity index (χ1v) is 5.12. The number of hydrogen-bond donors (Lipinski definition) is 2. The Labute approximate surface area is 88.3 Å². The minimum atomic E-state index is -0.327. The summed E-state index contributed by atoms with van der Waals surface area (Å²) >= 11 is 0. The van der Waals surface area contributed by atoms with Crippen molar-refractivity contribution >= 4 is 5.91 Å². The topological polar surface area (TPSA) is 62.2 Å². The number of rotatable bonds is 4. The van der Waals surface area contributed by atoms with Gasteiger partial charge in [-0.3, -0.25) is 9.78 Å². The van der Waals surface area contributed by atoms with Crippen LogP contribution in [0, 0.1) is 5.92 Å². The van der Waals surface area contributed by atoms with Gasteiger partial charge in [0.05, 0.1) is 12.6 Å². The summed E-state index contributed by atoms with van der Waals surface area (Å²) in [6, 6.07) is 3.31. The molecule has 1 aromatic heterocycles. The van der Waals surface area contributed by atoms with Gasteiger partial charge in [0.25, 0.3) is 0 Å². The lowest BCUT2D eigenvalue weighted by molar-refractivity contribution is -0.123. The lowest BCUT2D eigenvalue weighted by Gasteiger charge is -2.15. The normalized spacial score (nSPS) is 17.1. The SMILES string of the molecule is O=C(NC(CO)c1cccnc1)C1CC1. The van der Waals surface area contributed by atoms with Crippen molar-refractivity contribution in [2.45, 2.75) is 18.9 Å². The fourth-order valence-electron chi connectivity index (χ4n) is 1.45. The van der Waals surface area contributed by atoms with Crippen molar-refractivity contribution in [3.8, 4) is 0 Å². The van der Waals surface area contributed by atoms with E-state index in [1.165, 1.54) is 0 Å². The second-order valence-corrected chi connectivity index (χ2v) is 3.80. The predicted molar refractivity (Wildman–Crippen MR) is 54.9 cm³/mol. The Morgan fingerprint density at radius 2 is 2.47 bits per heavy atom. The third-order valence-corrected chi connectivity index (χ3v) is 2.53. The van der Waals surface area contributed by atoms with Crippen molar-refractivity contribution in [2.24, 2.45) is 5.92 Å². The van der Waals surface area contributed by atoms with E-state index in [9.17, 15) is 9.90 Å². The molecule has 1 unspecified atom stereocenters. The van der Waals surface area contributed by atoms with Crippen LogP contribution in [-0.4, -0.2) is 22.6 Å². The van der Waals surface area contributed by atoms with E-state index in [0.717, 1.165) is 18.4 Å². The van der Waals surface area contributed by atoms with Crippen molar-refractivity contribution in [1.29, 1.82) is 0 Å². The molecule has 80 valence electrons. The summed E-state index contributed by atoms with van der Waals surface area (Å²) < 4.78 is 0. The van der Waals surface area contributed by atoms with Crippen LogP contribution in [0.2, 0.25) is 0 Å². The molecular weight excluding hydrogens is 192 g/mol. The van der Waals surface area contributed by atoms with E-state index in [0.29, 0.717) is 0 Å². The van der Waals surface area contributed by atoms with E-state index in [2.05, 4.69) is 10.3 Å². The van der Waals surface area contributed by atoms with Crippen LogP contribution in [0.5, 0.6) is 0 Å². The molecule has 15 heavy (non-hydrogen) atoms. The highest BCUT2D eigenvalue weighted by atomic mass is 16.3. The molecule has 0 spiro atoms. The second kappa shape index (κ2) is 4.40. The van der Waals surface area contributed by atoms with Crippen molar-refractivity contribution in [3.05, 3.63) is 30.1 Å². The summed E-state index contributed by atoms with van der Waals surface area (Å²) in [5.74, 6) is 0.202. The Morgan fingerprint density at radius 3 is 3.00 bits per heavy atom. The maximum atomic E-state index is 11.5. The van der Waals surface area contributed by atoms with Gasteiger partial charge in [-0.1, -0.05) is 6.07 Å². The predicted octanol–water partition coefficient (Wildman–Crippen LogP) is 0.641. The van der Waals surface area contributed by atoms with Crippen molar-refractivity contribution in [1.82, 2.24) is 10.3 Å². The Kier molecular flexibility index (Phi) is 2.97. The largest absolute Gasteiger partial charge is 0.394 e. The minimum absolute atomic E-state index is 0.0397. The molecular formula is C11H14N2O2. The Hall–Kier alpha value is -1.42. The lowest BCUT2D eigenvalue weighted by Crippen LogP contribution is -2.31. The van der Waals surface area contributed by atoms with E-state index < -0.39 is 0 Å². The smallest absolute Gasteiger partial charge is 0.223 e. The fourth-order valence-corrected chi connectivity index (χ4v) is 1.45. The number of aliphatic hydroxyl groups is 1. The molecule has 1 fully saturated rings. The van der Waals surface area contributed by atoms with Gasteiger partial charge in [-0.2, -0.15) is 0 Å². The van der Waals surface area contributed by atoms with Gasteiger partial charge < -0.3 is 10.4 Å². The molecule has 0 radical (unpaired) electrons. The van der Waals surface area contributed by atoms with Gasteiger partial charge in [-0.25, -0.2) is 0 Å². The number of nitrogens with one attached hydrogen (secondary N) is 1. The van der Waals surface area contributed by atoms with Crippen LogP contribution in [0.1, 0.15) is 24.4 Å². The monoisotopic (exact) mass is 206 g/mol. The van der Waals surface area contributed by atoms with E-state index in [1.54, 1.807) is 18.5 Å². The average molecular weight is 206 g/mol. The molecule has 1 amide bonds. The first-order chi connectivity index (χ1) is 7.31. The zero-order chi connectivity index (χ0) is 10.7. The van der Waals surface area contributed by atoms with Crippen LogP contribution in [0.3, 0.4) is 0 Å². The molecule has 1 saturated carbocycles. The molecule has 1 heterocycles. The maximum Gasteiger partial charge on any atom is 0.223 e. The van der Waals surface area contributed by atoms with Gasteiger partial charge >= 0.3 is 0 Å². The molecule has 1 aromatic rings. The standard InChI is InChI=1S/C11H14N2O2/c14-7-10(9-2-1-5-12-6-9)13-11(15)8-3-4-8/h1-2,5-6,8,10,14H,3-4,7H2,(H,13,15). The van der Waals surface area contributed by atoms with Crippen LogP contribution in [0.4, 0.5) is 0 Å². The number of aromatic nitrogens is 1. The summed E-state index contributed by atoms with van der Waals surface area (Å²) in [5.41, 5.74) is 0.842. The summed E-state index contributed by atoms with van der Waals surface area (Å²) in [4.78, 5) is 15.5. The van der Waals surface area contributed by atoms with Gasteiger partial charge in [0.2, 0.25) is 5.91 Å². The number of nitrogens with zero attached hydrogens (tertiary/aromatic N) is 1. The van der Waals surface area contributed by atoms with Gasteiger partial charge in [-0.15, -0.1) is 0 Å². The van der Waals surface area contributed by atoms with E-state index >= 15 is 0 Å². The van der Waals surface area contributed by atoms with Crippen LogP contribution in [-0.2, 0) is 4.79 Å². The Morgan fingerprint density at radius 1 is 1.67 bits per heavy atom. The number of pyridine rings is 1. The first kappa shape index (κ1) is 10.1. The molecule has 4 nitrogen and oxygen atoms in total. The van der Waals surface area contributed by atoms with Crippen molar-refractivity contribution < 1.29 is 9.90 Å². The molecule has 4 heteroatoms. The number of hydrogen-bond acceptors (Lipinski definition) is 3. The third kappa shape index (κ3) is 2.53. The van der Waals surface area contributed by atoms with Gasteiger partial charge in [-0.05, 0) is 24.5 Å². The highest BCUT2D eigenvalue weighted by molar-refractivity contribution is 5.81. The third-order valence-electron chi connectivity index (χ3n) is 2.53. The first-order valence-electron chi connectivity index (χ1n) is 5.12.